The van der Waals surface area contributed by atoms with Gasteiger partial charge < -0.3 is 9.88 Å². The Morgan fingerprint density at radius 2 is 1.83 bits per heavy atom. The molecule has 2 aliphatic rings. The first kappa shape index (κ1) is 19.4. The molecule has 0 spiro atoms. The van der Waals surface area contributed by atoms with Crippen molar-refractivity contribution in [2.45, 2.75) is 70.4 Å². The first-order valence-corrected chi connectivity index (χ1v) is 11.5. The maximum atomic E-state index is 13.3. The molecule has 2 aromatic heterocycles. The summed E-state index contributed by atoms with van der Waals surface area (Å²) in [5.41, 5.74) is 2.84. The lowest BCUT2D eigenvalue weighted by Gasteiger charge is -2.27. The molecule has 3 heterocycles. The minimum Gasteiger partial charge on any atom is -0.322 e. The second kappa shape index (κ2) is 8.30. The molecule has 2 fully saturated rings. The molecular formula is C23H31N6O+. The normalized spacial score (nSPS) is 19.9. The van der Waals surface area contributed by atoms with Crippen molar-refractivity contribution in [2.24, 2.45) is 0 Å². The van der Waals surface area contributed by atoms with E-state index in [1.807, 2.05) is 16.8 Å². The second-order valence-corrected chi connectivity index (χ2v) is 9.07. The number of nitrogens with zero attached hydrogens (tertiary/aromatic N) is 4. The summed E-state index contributed by atoms with van der Waals surface area (Å²) in [6, 6.07) is 8.47. The Hall–Kier alpha value is -2.54. The third-order valence-corrected chi connectivity index (χ3v) is 6.94. The number of tetrazole rings is 1. The van der Waals surface area contributed by atoms with E-state index in [0.717, 1.165) is 48.2 Å². The third-order valence-electron chi connectivity index (χ3n) is 6.94. The van der Waals surface area contributed by atoms with Crippen molar-refractivity contribution in [3.63, 3.8) is 0 Å². The third kappa shape index (κ3) is 3.67. The molecule has 2 N–H and O–H groups in total. The van der Waals surface area contributed by atoms with Crippen LogP contribution < -0.4 is 10.5 Å². The molecule has 0 unspecified atom stereocenters. The van der Waals surface area contributed by atoms with Crippen LogP contribution >= 0.6 is 0 Å². The lowest BCUT2D eigenvalue weighted by Crippen LogP contribution is -3.12. The van der Waals surface area contributed by atoms with Crippen molar-refractivity contribution in [2.75, 3.05) is 13.1 Å². The largest absolute Gasteiger partial charge is 0.322 e. The van der Waals surface area contributed by atoms with Gasteiger partial charge >= 0.3 is 0 Å². The Kier molecular flexibility index (Phi) is 5.37. The topological polar surface area (TPSA) is 80.9 Å². The van der Waals surface area contributed by atoms with E-state index >= 15 is 0 Å². The molecule has 7 nitrogen and oxygen atoms in total. The highest BCUT2D eigenvalue weighted by atomic mass is 16.1. The number of fused-ring (bicyclic) bond motifs is 1. The van der Waals surface area contributed by atoms with Crippen molar-refractivity contribution in [1.82, 2.24) is 25.2 Å². The molecular weight excluding hydrogens is 376 g/mol. The van der Waals surface area contributed by atoms with E-state index < -0.39 is 0 Å². The molecule has 1 aromatic carbocycles. The van der Waals surface area contributed by atoms with Crippen molar-refractivity contribution in [1.29, 1.82) is 0 Å². The molecule has 1 aliphatic heterocycles. The molecule has 0 bridgehead atoms. The van der Waals surface area contributed by atoms with Gasteiger partial charge in [0.2, 0.25) is 5.82 Å². The Labute approximate surface area is 176 Å². The number of hydrogen-bond donors (Lipinski definition) is 2. The van der Waals surface area contributed by atoms with E-state index in [9.17, 15) is 4.79 Å². The highest BCUT2D eigenvalue weighted by Gasteiger charge is 2.36. The minimum absolute atomic E-state index is 0.0194. The highest BCUT2D eigenvalue weighted by Crippen LogP contribution is 2.31. The van der Waals surface area contributed by atoms with Gasteiger partial charge in [0.05, 0.1) is 24.7 Å². The van der Waals surface area contributed by atoms with Crippen LogP contribution in [0.2, 0.25) is 0 Å². The number of aromatic amines is 1. The number of pyridine rings is 1. The number of aryl methyl sites for hydroxylation is 1. The first-order chi connectivity index (χ1) is 14.7. The lowest BCUT2D eigenvalue weighted by atomic mass is 10.0. The average molecular weight is 408 g/mol. The predicted octanol–water partition coefficient (Wildman–Crippen LogP) is 2.49. The van der Waals surface area contributed by atoms with Gasteiger partial charge in [-0.15, -0.1) is 5.10 Å². The summed E-state index contributed by atoms with van der Waals surface area (Å²) in [7, 11) is 0. The Morgan fingerprint density at radius 3 is 2.60 bits per heavy atom. The van der Waals surface area contributed by atoms with Gasteiger partial charge in [-0.3, -0.25) is 4.79 Å². The molecule has 3 aromatic rings. The number of likely N-dealkylation sites (tertiary alicyclic amines) is 1. The number of H-pyrrole nitrogens is 1. The summed E-state index contributed by atoms with van der Waals surface area (Å²) in [4.78, 5) is 17.8. The number of quaternary nitrogens is 1. The molecule has 1 atom stereocenters. The minimum atomic E-state index is -0.132. The van der Waals surface area contributed by atoms with Gasteiger partial charge in [0, 0.05) is 5.52 Å². The second-order valence-electron chi connectivity index (χ2n) is 9.07. The van der Waals surface area contributed by atoms with Crippen LogP contribution in [-0.4, -0.2) is 38.3 Å². The van der Waals surface area contributed by atoms with Crippen molar-refractivity contribution in [3.05, 3.63) is 51.6 Å². The van der Waals surface area contributed by atoms with Gasteiger partial charge in [0.1, 0.15) is 0 Å². The molecule has 1 saturated heterocycles. The number of hydrogen-bond acceptors (Lipinski definition) is 4. The molecule has 1 saturated carbocycles. The maximum absolute atomic E-state index is 13.3. The molecule has 0 radical (unpaired) electrons. The van der Waals surface area contributed by atoms with Crippen LogP contribution in [0.4, 0.5) is 0 Å². The van der Waals surface area contributed by atoms with E-state index in [0.29, 0.717) is 6.04 Å². The van der Waals surface area contributed by atoms with Crippen LogP contribution in [0.25, 0.3) is 10.9 Å². The van der Waals surface area contributed by atoms with Crippen LogP contribution in [0.1, 0.15) is 80.4 Å². The zero-order valence-corrected chi connectivity index (χ0v) is 17.7. The summed E-state index contributed by atoms with van der Waals surface area (Å²) in [6.07, 6.45) is 9.57. The highest BCUT2D eigenvalue weighted by molar-refractivity contribution is 5.79. The zero-order chi connectivity index (χ0) is 20.5. The van der Waals surface area contributed by atoms with Crippen molar-refractivity contribution >= 4 is 10.9 Å². The maximum Gasteiger partial charge on any atom is 0.258 e. The van der Waals surface area contributed by atoms with Crippen LogP contribution in [0, 0.1) is 6.92 Å². The molecule has 5 rings (SSSR count). The zero-order valence-electron chi connectivity index (χ0n) is 17.7. The van der Waals surface area contributed by atoms with Gasteiger partial charge in [-0.05, 0) is 79.5 Å². The summed E-state index contributed by atoms with van der Waals surface area (Å²) in [6.45, 7) is 4.18. The summed E-state index contributed by atoms with van der Waals surface area (Å²) >= 11 is 0. The SMILES string of the molecule is Cc1ccc2[nH]c(=O)c([C@H](c3nnnn3C3CCCC3)[NH+]3CCCCCC3)cc2c1. The van der Waals surface area contributed by atoms with Crippen LogP contribution in [0.5, 0.6) is 0 Å². The van der Waals surface area contributed by atoms with Crippen molar-refractivity contribution in [3.8, 4) is 0 Å². The number of rotatable bonds is 4. The molecule has 30 heavy (non-hydrogen) atoms. The van der Waals surface area contributed by atoms with Crippen LogP contribution in [0.15, 0.2) is 29.1 Å². The monoisotopic (exact) mass is 407 g/mol. The molecule has 158 valence electrons. The quantitative estimate of drug-likeness (QED) is 0.696. The van der Waals surface area contributed by atoms with E-state index in [1.54, 1.807) is 0 Å². The number of benzene rings is 1. The predicted molar refractivity (Wildman–Crippen MR) is 116 cm³/mol. The van der Waals surface area contributed by atoms with Crippen molar-refractivity contribution < 1.29 is 4.90 Å². The fourth-order valence-electron chi connectivity index (χ4n) is 5.37. The Bertz CT molecular complexity index is 1070. The summed E-state index contributed by atoms with van der Waals surface area (Å²) in [5.74, 6) is 0.858. The standard InChI is InChI=1S/C23H30N6O/c1-16-10-11-20-17(14-16)15-19(23(30)24-20)21(28-12-6-2-3-7-13-28)22-25-26-27-29(22)18-8-4-5-9-18/h10-11,14-15,18,21H,2-9,12-13H2,1H3,(H,24,30)/p+1/t21-/m1/s1. The van der Waals surface area contributed by atoms with Gasteiger partial charge in [0.25, 0.3) is 5.56 Å². The Morgan fingerprint density at radius 1 is 1.07 bits per heavy atom. The fraction of sp³-hybridized carbons (Fsp3) is 0.565. The van der Waals surface area contributed by atoms with E-state index in [1.165, 1.54) is 49.0 Å². The average Bonchev–Trinajstić information content (AvgIpc) is 3.36. The Balaban J connectivity index is 1.65. The van der Waals surface area contributed by atoms with Gasteiger partial charge in [-0.25, -0.2) is 4.68 Å². The van der Waals surface area contributed by atoms with E-state index in [-0.39, 0.29) is 11.6 Å². The summed E-state index contributed by atoms with van der Waals surface area (Å²) in [5, 5.41) is 14.1. The molecule has 0 amide bonds. The number of aromatic nitrogens is 5. The lowest BCUT2D eigenvalue weighted by molar-refractivity contribution is -0.925. The van der Waals surface area contributed by atoms with E-state index in [4.69, 9.17) is 0 Å². The molecule has 7 heteroatoms. The van der Waals surface area contributed by atoms with Gasteiger partial charge in [-0.1, -0.05) is 24.5 Å². The van der Waals surface area contributed by atoms with Crippen LogP contribution in [0.3, 0.4) is 0 Å². The van der Waals surface area contributed by atoms with Gasteiger partial charge in [0.15, 0.2) is 6.04 Å². The smallest absolute Gasteiger partial charge is 0.258 e. The van der Waals surface area contributed by atoms with Gasteiger partial charge in [-0.2, -0.15) is 0 Å². The first-order valence-electron chi connectivity index (χ1n) is 11.5. The van der Waals surface area contributed by atoms with Crippen LogP contribution in [-0.2, 0) is 0 Å². The fourth-order valence-corrected chi connectivity index (χ4v) is 5.37. The number of nitrogens with one attached hydrogen (secondary N) is 2. The van der Waals surface area contributed by atoms with E-state index in [2.05, 4.69) is 39.6 Å². The summed E-state index contributed by atoms with van der Waals surface area (Å²) < 4.78 is 2.04. The molecule has 1 aliphatic carbocycles.